The Bertz CT molecular complexity index is 567. The second-order valence-corrected chi connectivity index (χ2v) is 6.19. The van der Waals surface area contributed by atoms with Crippen LogP contribution in [-0.4, -0.2) is 36.1 Å². The maximum absolute atomic E-state index is 6.06. The highest BCUT2D eigenvalue weighted by atomic mass is 35.5. The number of hydrogen-bond donors (Lipinski definition) is 0. The first-order valence-corrected chi connectivity index (χ1v) is 8.13. The molecule has 2 aromatic rings. The SMILES string of the molecule is ClCc1sc(N2CCN(c3ccccn3)CC2)nc1Cl. The van der Waals surface area contributed by atoms with E-state index in [1.165, 1.54) is 0 Å². The molecule has 7 heteroatoms. The van der Waals surface area contributed by atoms with Crippen LogP contribution in [0.4, 0.5) is 10.9 Å². The van der Waals surface area contributed by atoms with Gasteiger partial charge < -0.3 is 9.80 Å². The summed E-state index contributed by atoms with van der Waals surface area (Å²) in [4.78, 5) is 14.3. The fraction of sp³-hybridized carbons (Fsp3) is 0.385. The molecule has 3 heterocycles. The van der Waals surface area contributed by atoms with Crippen molar-refractivity contribution in [3.63, 3.8) is 0 Å². The van der Waals surface area contributed by atoms with Gasteiger partial charge in [-0.1, -0.05) is 29.0 Å². The van der Waals surface area contributed by atoms with Crippen LogP contribution in [0.25, 0.3) is 0 Å². The Labute approximate surface area is 132 Å². The van der Waals surface area contributed by atoms with Crippen LogP contribution in [0.15, 0.2) is 24.4 Å². The molecule has 0 radical (unpaired) electrons. The van der Waals surface area contributed by atoms with Crippen molar-refractivity contribution in [2.75, 3.05) is 36.0 Å². The number of nitrogens with zero attached hydrogens (tertiary/aromatic N) is 4. The predicted octanol–water partition coefficient (Wildman–Crippen LogP) is 3.26. The lowest BCUT2D eigenvalue weighted by molar-refractivity contribution is 0.646. The molecule has 0 atom stereocenters. The van der Waals surface area contributed by atoms with Crippen LogP contribution in [0.1, 0.15) is 4.88 Å². The van der Waals surface area contributed by atoms with E-state index in [2.05, 4.69) is 19.8 Å². The van der Waals surface area contributed by atoms with Crippen LogP contribution < -0.4 is 9.80 Å². The van der Waals surface area contributed by atoms with Gasteiger partial charge in [0, 0.05) is 32.4 Å². The van der Waals surface area contributed by atoms with Crippen molar-refractivity contribution in [2.45, 2.75) is 5.88 Å². The third-order valence-electron chi connectivity index (χ3n) is 3.28. The highest BCUT2D eigenvalue weighted by molar-refractivity contribution is 7.16. The summed E-state index contributed by atoms with van der Waals surface area (Å²) in [5.74, 6) is 1.45. The van der Waals surface area contributed by atoms with Crippen molar-refractivity contribution >= 4 is 45.5 Å². The van der Waals surface area contributed by atoms with E-state index < -0.39 is 0 Å². The molecular weight excluding hydrogens is 315 g/mol. The molecule has 0 bridgehead atoms. The zero-order valence-corrected chi connectivity index (χ0v) is 13.1. The molecule has 1 fully saturated rings. The van der Waals surface area contributed by atoms with E-state index in [0.29, 0.717) is 11.0 Å². The lowest BCUT2D eigenvalue weighted by Gasteiger charge is -2.35. The van der Waals surface area contributed by atoms with Crippen molar-refractivity contribution in [1.82, 2.24) is 9.97 Å². The second-order valence-electron chi connectivity index (χ2n) is 4.51. The Kier molecular flexibility index (Phi) is 4.29. The van der Waals surface area contributed by atoms with Crippen molar-refractivity contribution < 1.29 is 0 Å². The standard InChI is InChI=1S/C13H14Cl2N4S/c14-9-10-12(15)17-13(20-10)19-7-5-18(6-8-19)11-3-1-2-4-16-11/h1-4H,5-9H2. The van der Waals surface area contributed by atoms with E-state index in [9.17, 15) is 0 Å². The Morgan fingerprint density at radius 3 is 2.50 bits per heavy atom. The van der Waals surface area contributed by atoms with Gasteiger partial charge in [-0.2, -0.15) is 0 Å². The minimum absolute atomic E-state index is 0.421. The molecule has 0 amide bonds. The molecule has 106 valence electrons. The molecule has 3 rings (SSSR count). The van der Waals surface area contributed by atoms with Gasteiger partial charge in [0.15, 0.2) is 5.13 Å². The smallest absolute Gasteiger partial charge is 0.187 e. The molecule has 0 spiro atoms. The average Bonchev–Trinajstić information content (AvgIpc) is 2.89. The molecule has 1 aliphatic rings. The number of hydrogen-bond acceptors (Lipinski definition) is 5. The topological polar surface area (TPSA) is 32.3 Å². The molecule has 0 unspecified atom stereocenters. The summed E-state index contributed by atoms with van der Waals surface area (Å²) in [5, 5.41) is 1.50. The molecule has 4 nitrogen and oxygen atoms in total. The fourth-order valence-electron chi connectivity index (χ4n) is 2.21. The zero-order chi connectivity index (χ0) is 13.9. The highest BCUT2D eigenvalue weighted by Gasteiger charge is 2.21. The van der Waals surface area contributed by atoms with Gasteiger partial charge in [-0.25, -0.2) is 9.97 Å². The summed E-state index contributed by atoms with van der Waals surface area (Å²) in [6.45, 7) is 3.71. The van der Waals surface area contributed by atoms with Gasteiger partial charge in [-0.3, -0.25) is 0 Å². The van der Waals surface area contributed by atoms with E-state index in [1.807, 2.05) is 24.4 Å². The van der Waals surface area contributed by atoms with Gasteiger partial charge >= 0.3 is 0 Å². The molecule has 0 N–H and O–H groups in total. The van der Waals surface area contributed by atoms with E-state index in [1.54, 1.807) is 11.3 Å². The Hall–Kier alpha value is -1.04. The van der Waals surface area contributed by atoms with Gasteiger partial charge in [0.1, 0.15) is 11.0 Å². The monoisotopic (exact) mass is 328 g/mol. The normalized spacial score (nSPS) is 15.7. The van der Waals surface area contributed by atoms with Crippen LogP contribution in [0.3, 0.4) is 0 Å². The summed E-state index contributed by atoms with van der Waals surface area (Å²) in [5.41, 5.74) is 0. The Balaban J connectivity index is 1.66. The number of aromatic nitrogens is 2. The number of rotatable bonds is 3. The summed E-state index contributed by atoms with van der Waals surface area (Å²) in [7, 11) is 0. The van der Waals surface area contributed by atoms with Crippen molar-refractivity contribution in [1.29, 1.82) is 0 Å². The van der Waals surface area contributed by atoms with Crippen LogP contribution in [0.2, 0.25) is 5.15 Å². The fourth-order valence-corrected chi connectivity index (χ4v) is 3.73. The van der Waals surface area contributed by atoms with Crippen molar-refractivity contribution in [3.05, 3.63) is 34.4 Å². The van der Waals surface area contributed by atoms with Gasteiger partial charge in [0.25, 0.3) is 0 Å². The third-order valence-corrected chi connectivity index (χ3v) is 5.25. The molecule has 0 saturated carbocycles. The van der Waals surface area contributed by atoms with Crippen LogP contribution in [0, 0.1) is 0 Å². The van der Waals surface area contributed by atoms with E-state index in [4.69, 9.17) is 23.2 Å². The number of alkyl halides is 1. The molecule has 0 aliphatic carbocycles. The third kappa shape index (κ3) is 2.85. The van der Waals surface area contributed by atoms with Gasteiger partial charge in [0.2, 0.25) is 0 Å². The molecule has 20 heavy (non-hydrogen) atoms. The Morgan fingerprint density at radius 1 is 1.15 bits per heavy atom. The highest BCUT2D eigenvalue weighted by Crippen LogP contribution is 2.31. The lowest BCUT2D eigenvalue weighted by atomic mass is 10.3. The van der Waals surface area contributed by atoms with E-state index >= 15 is 0 Å². The molecule has 2 aromatic heterocycles. The number of thiazole rings is 1. The maximum atomic E-state index is 6.06. The maximum Gasteiger partial charge on any atom is 0.187 e. The van der Waals surface area contributed by atoms with E-state index in [-0.39, 0.29) is 0 Å². The lowest BCUT2D eigenvalue weighted by Crippen LogP contribution is -2.46. The van der Waals surface area contributed by atoms with Crippen LogP contribution >= 0.6 is 34.5 Å². The van der Waals surface area contributed by atoms with Gasteiger partial charge in [0.05, 0.1) is 10.8 Å². The van der Waals surface area contributed by atoms with Crippen molar-refractivity contribution in [2.24, 2.45) is 0 Å². The minimum Gasteiger partial charge on any atom is -0.353 e. The van der Waals surface area contributed by atoms with Gasteiger partial charge in [-0.15, -0.1) is 11.6 Å². The van der Waals surface area contributed by atoms with Crippen molar-refractivity contribution in [3.8, 4) is 0 Å². The van der Waals surface area contributed by atoms with E-state index in [0.717, 1.165) is 42.0 Å². The largest absolute Gasteiger partial charge is 0.353 e. The first kappa shape index (κ1) is 13.9. The molecule has 0 aromatic carbocycles. The predicted molar refractivity (Wildman–Crippen MR) is 85.3 cm³/mol. The zero-order valence-electron chi connectivity index (χ0n) is 10.8. The average molecular weight is 329 g/mol. The van der Waals surface area contributed by atoms with Crippen LogP contribution in [-0.2, 0) is 5.88 Å². The summed E-state index contributed by atoms with van der Waals surface area (Å²) < 4.78 is 0. The van der Waals surface area contributed by atoms with Crippen LogP contribution in [0.5, 0.6) is 0 Å². The number of piperazine rings is 1. The summed E-state index contributed by atoms with van der Waals surface area (Å²) >= 11 is 13.5. The molecule has 1 aliphatic heterocycles. The second kappa shape index (κ2) is 6.16. The molecular formula is C13H14Cl2N4S. The number of halogens is 2. The van der Waals surface area contributed by atoms with Gasteiger partial charge in [-0.05, 0) is 12.1 Å². The summed E-state index contributed by atoms with van der Waals surface area (Å²) in [6.07, 6.45) is 1.83. The molecule has 1 saturated heterocycles. The summed E-state index contributed by atoms with van der Waals surface area (Å²) in [6, 6.07) is 5.99. The first-order chi connectivity index (χ1) is 9.78. The Morgan fingerprint density at radius 2 is 1.90 bits per heavy atom. The minimum atomic E-state index is 0.421. The number of pyridine rings is 1. The quantitative estimate of drug-likeness (QED) is 0.809. The first-order valence-electron chi connectivity index (χ1n) is 6.40. The number of anilines is 2.